The van der Waals surface area contributed by atoms with Crippen molar-refractivity contribution in [1.82, 2.24) is 10.1 Å². The molecule has 0 bridgehead atoms. The molecule has 0 spiro atoms. The van der Waals surface area contributed by atoms with Gasteiger partial charge in [0.2, 0.25) is 5.82 Å². The van der Waals surface area contributed by atoms with E-state index >= 15 is 0 Å². The maximum Gasteiger partial charge on any atom is 0.268 e. The molecule has 5 nitrogen and oxygen atoms in total. The van der Waals surface area contributed by atoms with Crippen LogP contribution in [0.2, 0.25) is 0 Å². The first kappa shape index (κ1) is 12.7. The van der Waals surface area contributed by atoms with Gasteiger partial charge in [-0.2, -0.15) is 10.2 Å². The summed E-state index contributed by atoms with van der Waals surface area (Å²) >= 11 is 1.33. The number of nitrogens with zero attached hydrogens (tertiary/aromatic N) is 3. The van der Waals surface area contributed by atoms with Crippen LogP contribution in [-0.2, 0) is 4.74 Å². The van der Waals surface area contributed by atoms with E-state index in [0.717, 1.165) is 11.3 Å². The van der Waals surface area contributed by atoms with Crippen molar-refractivity contribution in [3.05, 3.63) is 22.8 Å². The molecular weight excluding hydrogens is 250 g/mol. The Hall–Kier alpha value is -1.71. The van der Waals surface area contributed by atoms with Gasteiger partial charge in [-0.05, 0) is 25.5 Å². The third-order valence-electron chi connectivity index (χ3n) is 2.40. The third kappa shape index (κ3) is 2.58. The summed E-state index contributed by atoms with van der Waals surface area (Å²) in [6, 6.07) is 5.63. The number of ether oxygens (including phenoxy) is 1. The Morgan fingerprint density at radius 3 is 2.94 bits per heavy atom. The molecule has 6 heteroatoms. The molecule has 1 atom stereocenters. The summed E-state index contributed by atoms with van der Waals surface area (Å²) in [5, 5.41) is 12.7. The summed E-state index contributed by atoms with van der Waals surface area (Å²) in [6.07, 6.45) is 0.656. The van der Waals surface area contributed by atoms with Crippen LogP contribution in [0, 0.1) is 11.3 Å². The van der Waals surface area contributed by atoms with E-state index in [1.54, 1.807) is 6.07 Å². The molecular formula is C12H13N3O2S. The van der Waals surface area contributed by atoms with E-state index in [0.29, 0.717) is 23.2 Å². The van der Waals surface area contributed by atoms with Crippen molar-refractivity contribution in [2.45, 2.75) is 26.4 Å². The van der Waals surface area contributed by atoms with Crippen molar-refractivity contribution in [3.8, 4) is 16.8 Å². The van der Waals surface area contributed by atoms with Gasteiger partial charge in [0, 0.05) is 6.61 Å². The molecule has 0 fully saturated rings. The smallest absolute Gasteiger partial charge is 0.268 e. The highest BCUT2D eigenvalue weighted by atomic mass is 32.1. The molecule has 0 saturated carbocycles. The molecule has 0 amide bonds. The molecule has 0 aliphatic carbocycles. The van der Waals surface area contributed by atoms with Crippen LogP contribution >= 0.6 is 11.3 Å². The Morgan fingerprint density at radius 2 is 2.33 bits per heavy atom. The quantitative estimate of drug-likeness (QED) is 0.828. The number of hydrogen-bond acceptors (Lipinski definition) is 6. The van der Waals surface area contributed by atoms with Gasteiger partial charge < -0.3 is 9.26 Å². The molecule has 0 N–H and O–H groups in total. The predicted octanol–water partition coefficient (Wildman–Crippen LogP) is 3.16. The topological polar surface area (TPSA) is 71.9 Å². The SMILES string of the molecule is CCOC(CC)c1noc(-c2ccc(C#N)s2)n1. The maximum absolute atomic E-state index is 8.77. The molecule has 0 saturated heterocycles. The Labute approximate surface area is 109 Å². The van der Waals surface area contributed by atoms with Gasteiger partial charge in [0.15, 0.2) is 0 Å². The molecule has 94 valence electrons. The molecule has 2 rings (SSSR count). The highest BCUT2D eigenvalue weighted by molar-refractivity contribution is 7.15. The summed E-state index contributed by atoms with van der Waals surface area (Å²) in [5.74, 6) is 0.996. The van der Waals surface area contributed by atoms with Gasteiger partial charge in [0.1, 0.15) is 17.1 Å². The number of thiophene rings is 1. The van der Waals surface area contributed by atoms with Gasteiger partial charge in [-0.3, -0.25) is 0 Å². The first-order valence-electron chi connectivity index (χ1n) is 5.74. The summed E-state index contributed by atoms with van der Waals surface area (Å²) in [6.45, 7) is 4.55. The number of aromatic nitrogens is 2. The Bertz CT molecular complexity index is 556. The predicted molar refractivity (Wildman–Crippen MR) is 67.0 cm³/mol. The fraction of sp³-hybridized carbons (Fsp3) is 0.417. The van der Waals surface area contributed by atoms with E-state index in [9.17, 15) is 0 Å². The van der Waals surface area contributed by atoms with E-state index in [2.05, 4.69) is 16.2 Å². The fourth-order valence-corrected chi connectivity index (χ4v) is 2.28. The van der Waals surface area contributed by atoms with Gasteiger partial charge >= 0.3 is 0 Å². The number of rotatable bonds is 5. The van der Waals surface area contributed by atoms with Crippen molar-refractivity contribution in [2.24, 2.45) is 0 Å². The van der Waals surface area contributed by atoms with Crippen LogP contribution in [-0.4, -0.2) is 16.7 Å². The van der Waals surface area contributed by atoms with Crippen LogP contribution in [0.4, 0.5) is 0 Å². The van der Waals surface area contributed by atoms with Gasteiger partial charge in [-0.1, -0.05) is 12.1 Å². The lowest BCUT2D eigenvalue weighted by Crippen LogP contribution is -2.04. The zero-order chi connectivity index (χ0) is 13.0. The van der Waals surface area contributed by atoms with E-state index in [1.165, 1.54) is 11.3 Å². The van der Waals surface area contributed by atoms with Crippen LogP contribution in [0.5, 0.6) is 0 Å². The van der Waals surface area contributed by atoms with E-state index < -0.39 is 0 Å². The van der Waals surface area contributed by atoms with Crippen molar-refractivity contribution in [2.75, 3.05) is 6.61 Å². The Kier molecular flexibility index (Phi) is 4.07. The van der Waals surface area contributed by atoms with Gasteiger partial charge in [0.05, 0.1) is 4.88 Å². The fourth-order valence-electron chi connectivity index (χ4n) is 1.55. The average Bonchev–Trinajstić information content (AvgIpc) is 3.03. The van der Waals surface area contributed by atoms with Crippen molar-refractivity contribution < 1.29 is 9.26 Å². The van der Waals surface area contributed by atoms with Crippen molar-refractivity contribution in [3.63, 3.8) is 0 Å². The second-order valence-electron chi connectivity index (χ2n) is 3.59. The molecule has 2 heterocycles. The summed E-state index contributed by atoms with van der Waals surface area (Å²) in [7, 11) is 0. The van der Waals surface area contributed by atoms with Crippen molar-refractivity contribution >= 4 is 11.3 Å². The second kappa shape index (κ2) is 5.76. The molecule has 1 unspecified atom stereocenters. The first-order chi connectivity index (χ1) is 8.78. The van der Waals surface area contributed by atoms with Crippen LogP contribution in [0.1, 0.15) is 37.1 Å². The minimum absolute atomic E-state index is 0.136. The van der Waals surface area contributed by atoms with Gasteiger partial charge in [-0.25, -0.2) is 0 Å². The van der Waals surface area contributed by atoms with E-state index in [-0.39, 0.29) is 6.10 Å². The molecule has 18 heavy (non-hydrogen) atoms. The average molecular weight is 263 g/mol. The largest absolute Gasteiger partial charge is 0.370 e. The van der Waals surface area contributed by atoms with Crippen LogP contribution in [0.15, 0.2) is 16.7 Å². The highest BCUT2D eigenvalue weighted by Gasteiger charge is 2.18. The number of nitriles is 1. The molecule has 2 aromatic heterocycles. The van der Waals surface area contributed by atoms with Crippen LogP contribution in [0.3, 0.4) is 0 Å². The molecule has 0 aliphatic rings. The third-order valence-corrected chi connectivity index (χ3v) is 3.37. The molecule has 2 aromatic rings. The lowest BCUT2D eigenvalue weighted by molar-refractivity contribution is 0.0518. The second-order valence-corrected chi connectivity index (χ2v) is 4.67. The minimum Gasteiger partial charge on any atom is -0.370 e. The Balaban J connectivity index is 2.22. The summed E-state index contributed by atoms with van der Waals surface area (Å²) in [5.41, 5.74) is 0. The number of hydrogen-bond donors (Lipinski definition) is 0. The van der Waals surface area contributed by atoms with Gasteiger partial charge in [-0.15, -0.1) is 11.3 Å². The zero-order valence-electron chi connectivity index (χ0n) is 10.2. The monoisotopic (exact) mass is 263 g/mol. The Morgan fingerprint density at radius 1 is 1.50 bits per heavy atom. The molecule has 0 aliphatic heterocycles. The lowest BCUT2D eigenvalue weighted by Gasteiger charge is -2.09. The van der Waals surface area contributed by atoms with Crippen molar-refractivity contribution in [1.29, 1.82) is 5.26 Å². The minimum atomic E-state index is -0.136. The molecule has 0 radical (unpaired) electrons. The summed E-state index contributed by atoms with van der Waals surface area (Å²) < 4.78 is 10.7. The first-order valence-corrected chi connectivity index (χ1v) is 6.55. The lowest BCUT2D eigenvalue weighted by atomic mass is 10.2. The van der Waals surface area contributed by atoms with Gasteiger partial charge in [0.25, 0.3) is 5.89 Å². The highest BCUT2D eigenvalue weighted by Crippen LogP contribution is 2.28. The van der Waals surface area contributed by atoms with E-state index in [4.69, 9.17) is 14.5 Å². The van der Waals surface area contributed by atoms with Crippen LogP contribution in [0.25, 0.3) is 10.8 Å². The normalized spacial score (nSPS) is 12.3. The maximum atomic E-state index is 8.77. The standard InChI is InChI=1S/C12H13N3O2S/c1-3-9(16-4-2)11-14-12(17-15-11)10-6-5-8(7-13)18-10/h5-6,9H,3-4H2,1-2H3. The van der Waals surface area contributed by atoms with E-state index in [1.807, 2.05) is 19.9 Å². The molecule has 0 aromatic carbocycles. The van der Waals surface area contributed by atoms with Crippen LogP contribution < -0.4 is 0 Å². The zero-order valence-corrected chi connectivity index (χ0v) is 11.0. The summed E-state index contributed by atoms with van der Waals surface area (Å²) in [4.78, 5) is 5.75.